The normalized spacial score (nSPS) is 26.6. The third kappa shape index (κ3) is 2.13. The van der Waals surface area contributed by atoms with Gasteiger partial charge in [-0.15, -0.1) is 0 Å². The number of aryl methyl sites for hydroxylation is 1. The minimum Gasteiger partial charge on any atom is -0.384 e. The van der Waals surface area contributed by atoms with Gasteiger partial charge in [0.05, 0.1) is 0 Å². The fourth-order valence-corrected chi connectivity index (χ4v) is 2.36. The molecule has 0 amide bonds. The highest BCUT2D eigenvalue weighted by Gasteiger charge is 2.38. The number of aliphatic hydroxyl groups is 1. The van der Waals surface area contributed by atoms with Crippen LogP contribution in [0.25, 0.3) is 0 Å². The molecule has 1 aromatic rings. The van der Waals surface area contributed by atoms with Gasteiger partial charge in [0.2, 0.25) is 0 Å². The first-order valence-corrected chi connectivity index (χ1v) is 6.05. The van der Waals surface area contributed by atoms with E-state index in [4.69, 9.17) is 0 Å². The van der Waals surface area contributed by atoms with Gasteiger partial charge in [0.1, 0.15) is 5.60 Å². The first kappa shape index (κ1) is 11.6. The Morgan fingerprint density at radius 3 is 2.38 bits per heavy atom. The Labute approximate surface area is 97.9 Å². The van der Waals surface area contributed by atoms with Crippen molar-refractivity contribution in [2.75, 3.05) is 13.1 Å². The Bertz CT molecular complexity index is 358. The number of hydrogen-bond acceptors (Lipinski definition) is 2. The molecular formula is C14H21NO. The molecule has 1 aliphatic rings. The van der Waals surface area contributed by atoms with E-state index in [-0.39, 0.29) is 0 Å². The van der Waals surface area contributed by atoms with Gasteiger partial charge in [-0.3, -0.25) is 4.90 Å². The van der Waals surface area contributed by atoms with Gasteiger partial charge in [0.25, 0.3) is 0 Å². The minimum atomic E-state index is -0.641. The van der Waals surface area contributed by atoms with Crippen LogP contribution in [0, 0.1) is 6.92 Å². The molecule has 0 radical (unpaired) electrons. The standard InChI is InChI=1S/C14H21NO/c1-11(2)15-9-8-14(16,10-15)13-6-4-12(3)5-7-13/h4-7,11,16H,8-10H2,1-3H3. The summed E-state index contributed by atoms with van der Waals surface area (Å²) in [5, 5.41) is 10.6. The summed E-state index contributed by atoms with van der Waals surface area (Å²) in [6.07, 6.45) is 0.842. The van der Waals surface area contributed by atoms with E-state index in [0.717, 1.165) is 25.1 Å². The van der Waals surface area contributed by atoms with Gasteiger partial charge in [-0.1, -0.05) is 29.8 Å². The van der Waals surface area contributed by atoms with Crippen molar-refractivity contribution >= 4 is 0 Å². The summed E-state index contributed by atoms with van der Waals surface area (Å²) in [5.41, 5.74) is 1.66. The average molecular weight is 219 g/mol. The lowest BCUT2D eigenvalue weighted by molar-refractivity contribution is 0.0424. The zero-order valence-corrected chi connectivity index (χ0v) is 10.4. The highest BCUT2D eigenvalue weighted by atomic mass is 16.3. The van der Waals surface area contributed by atoms with Crippen molar-refractivity contribution in [1.82, 2.24) is 4.90 Å². The summed E-state index contributed by atoms with van der Waals surface area (Å²) in [6, 6.07) is 8.77. The van der Waals surface area contributed by atoms with Crippen LogP contribution >= 0.6 is 0 Å². The predicted octanol–water partition coefficient (Wildman–Crippen LogP) is 2.30. The Morgan fingerprint density at radius 1 is 1.25 bits per heavy atom. The molecule has 1 atom stereocenters. The second-order valence-corrected chi connectivity index (χ2v) is 5.21. The zero-order valence-electron chi connectivity index (χ0n) is 10.4. The van der Waals surface area contributed by atoms with E-state index in [1.807, 2.05) is 0 Å². The fraction of sp³-hybridized carbons (Fsp3) is 0.571. The lowest BCUT2D eigenvalue weighted by Gasteiger charge is -2.26. The van der Waals surface area contributed by atoms with E-state index < -0.39 is 5.60 Å². The number of hydrogen-bond donors (Lipinski definition) is 1. The number of benzene rings is 1. The maximum atomic E-state index is 10.6. The molecule has 1 aliphatic heterocycles. The molecule has 1 heterocycles. The molecule has 1 aromatic carbocycles. The fourth-order valence-electron chi connectivity index (χ4n) is 2.36. The molecule has 16 heavy (non-hydrogen) atoms. The zero-order chi connectivity index (χ0) is 11.8. The van der Waals surface area contributed by atoms with Crippen LogP contribution in [-0.4, -0.2) is 29.1 Å². The Balaban J connectivity index is 2.18. The van der Waals surface area contributed by atoms with Crippen molar-refractivity contribution in [1.29, 1.82) is 0 Å². The Morgan fingerprint density at radius 2 is 1.88 bits per heavy atom. The van der Waals surface area contributed by atoms with E-state index in [2.05, 4.69) is 49.9 Å². The molecular weight excluding hydrogens is 198 g/mol. The summed E-state index contributed by atoms with van der Waals surface area (Å²) in [4.78, 5) is 2.33. The molecule has 0 aromatic heterocycles. The molecule has 1 saturated heterocycles. The third-order valence-corrected chi connectivity index (χ3v) is 3.60. The maximum Gasteiger partial charge on any atom is 0.103 e. The summed E-state index contributed by atoms with van der Waals surface area (Å²) in [7, 11) is 0. The first-order chi connectivity index (χ1) is 7.51. The lowest BCUT2D eigenvalue weighted by Crippen LogP contribution is -2.34. The van der Waals surface area contributed by atoms with Gasteiger partial charge in [0, 0.05) is 19.1 Å². The van der Waals surface area contributed by atoms with Crippen LogP contribution in [0.3, 0.4) is 0 Å². The summed E-state index contributed by atoms with van der Waals surface area (Å²) >= 11 is 0. The molecule has 0 aliphatic carbocycles. The molecule has 1 N–H and O–H groups in total. The van der Waals surface area contributed by atoms with Gasteiger partial charge in [-0.2, -0.15) is 0 Å². The van der Waals surface area contributed by atoms with Crippen molar-refractivity contribution in [2.24, 2.45) is 0 Å². The minimum absolute atomic E-state index is 0.513. The molecule has 0 saturated carbocycles. The van der Waals surface area contributed by atoms with Crippen LogP contribution in [0.5, 0.6) is 0 Å². The second-order valence-electron chi connectivity index (χ2n) is 5.21. The van der Waals surface area contributed by atoms with Crippen molar-refractivity contribution in [3.8, 4) is 0 Å². The van der Waals surface area contributed by atoms with Crippen molar-refractivity contribution in [3.63, 3.8) is 0 Å². The number of nitrogens with zero attached hydrogens (tertiary/aromatic N) is 1. The predicted molar refractivity (Wildman–Crippen MR) is 66.4 cm³/mol. The van der Waals surface area contributed by atoms with E-state index in [0.29, 0.717) is 6.04 Å². The lowest BCUT2D eigenvalue weighted by atomic mass is 9.92. The molecule has 1 unspecified atom stereocenters. The van der Waals surface area contributed by atoms with Gasteiger partial charge >= 0.3 is 0 Å². The van der Waals surface area contributed by atoms with Gasteiger partial charge < -0.3 is 5.11 Å². The van der Waals surface area contributed by atoms with E-state index >= 15 is 0 Å². The smallest absolute Gasteiger partial charge is 0.103 e. The van der Waals surface area contributed by atoms with Crippen LogP contribution in [0.2, 0.25) is 0 Å². The van der Waals surface area contributed by atoms with Crippen molar-refractivity contribution < 1.29 is 5.11 Å². The van der Waals surface area contributed by atoms with E-state index in [1.165, 1.54) is 5.56 Å². The van der Waals surface area contributed by atoms with E-state index in [1.54, 1.807) is 0 Å². The molecule has 2 rings (SSSR count). The van der Waals surface area contributed by atoms with Gasteiger partial charge in [0.15, 0.2) is 0 Å². The van der Waals surface area contributed by atoms with Crippen molar-refractivity contribution in [2.45, 2.75) is 38.8 Å². The maximum absolute atomic E-state index is 10.6. The quantitative estimate of drug-likeness (QED) is 0.825. The topological polar surface area (TPSA) is 23.5 Å². The number of rotatable bonds is 2. The van der Waals surface area contributed by atoms with Gasteiger partial charge in [-0.05, 0) is 32.8 Å². The highest BCUT2D eigenvalue weighted by molar-refractivity contribution is 5.28. The van der Waals surface area contributed by atoms with Crippen LogP contribution in [0.1, 0.15) is 31.4 Å². The molecule has 88 valence electrons. The first-order valence-electron chi connectivity index (χ1n) is 6.05. The molecule has 2 heteroatoms. The van der Waals surface area contributed by atoms with E-state index in [9.17, 15) is 5.11 Å². The second kappa shape index (κ2) is 4.19. The SMILES string of the molecule is Cc1ccc(C2(O)CCN(C(C)C)C2)cc1. The highest BCUT2D eigenvalue weighted by Crippen LogP contribution is 2.32. The van der Waals surface area contributed by atoms with Crippen LogP contribution < -0.4 is 0 Å². The average Bonchev–Trinajstić information content (AvgIpc) is 2.63. The molecule has 0 spiro atoms. The van der Waals surface area contributed by atoms with Gasteiger partial charge in [-0.25, -0.2) is 0 Å². The molecule has 0 bridgehead atoms. The van der Waals surface area contributed by atoms with Crippen LogP contribution in [-0.2, 0) is 5.60 Å². The number of β-amino-alcohol motifs (C(OH)–C–C–N with tert-alkyl or cyclic N) is 1. The molecule has 1 fully saturated rings. The summed E-state index contributed by atoms with van der Waals surface area (Å²) in [6.45, 7) is 8.18. The van der Waals surface area contributed by atoms with Crippen LogP contribution in [0.4, 0.5) is 0 Å². The van der Waals surface area contributed by atoms with Crippen LogP contribution in [0.15, 0.2) is 24.3 Å². The third-order valence-electron chi connectivity index (χ3n) is 3.60. The summed E-state index contributed by atoms with van der Waals surface area (Å²) in [5.74, 6) is 0. The summed E-state index contributed by atoms with van der Waals surface area (Å²) < 4.78 is 0. The Kier molecular flexibility index (Phi) is 3.04. The molecule has 2 nitrogen and oxygen atoms in total. The number of likely N-dealkylation sites (tertiary alicyclic amines) is 1. The van der Waals surface area contributed by atoms with Crippen molar-refractivity contribution in [3.05, 3.63) is 35.4 Å². The Hall–Kier alpha value is -0.860. The largest absolute Gasteiger partial charge is 0.384 e. The monoisotopic (exact) mass is 219 g/mol.